The summed E-state index contributed by atoms with van der Waals surface area (Å²) in [5.41, 5.74) is 5.10. The van der Waals surface area contributed by atoms with Crippen molar-refractivity contribution < 1.29 is 13.5 Å². The molecule has 0 spiro atoms. The summed E-state index contributed by atoms with van der Waals surface area (Å²) < 4.78 is 25.7. The molecule has 3 aromatic carbocycles. The summed E-state index contributed by atoms with van der Waals surface area (Å²) in [4.78, 5) is 2.28. The predicted octanol–water partition coefficient (Wildman–Crippen LogP) is 6.13. The summed E-state index contributed by atoms with van der Waals surface area (Å²) in [5, 5.41) is 10.4. The van der Waals surface area contributed by atoms with Gasteiger partial charge >= 0.3 is 0 Å². The van der Waals surface area contributed by atoms with Crippen LogP contribution in [0.5, 0.6) is 0 Å². The SMILES string of the molecule is CN(CCCC1(c2ccc(F)cc2)OCc2cc(C#N)ccc21)Cc1coc2ccccc12. The van der Waals surface area contributed by atoms with E-state index in [1.54, 1.807) is 0 Å². The van der Waals surface area contributed by atoms with E-state index in [9.17, 15) is 9.65 Å². The lowest BCUT2D eigenvalue weighted by Gasteiger charge is -2.31. The van der Waals surface area contributed by atoms with Gasteiger partial charge in [0.1, 0.15) is 17.0 Å². The smallest absolute Gasteiger partial charge is 0.134 e. The van der Waals surface area contributed by atoms with Crippen LogP contribution in [0.15, 0.2) is 77.4 Å². The Hall–Kier alpha value is -3.46. The predicted molar refractivity (Wildman–Crippen MR) is 125 cm³/mol. The van der Waals surface area contributed by atoms with Crippen molar-refractivity contribution in [2.75, 3.05) is 13.6 Å². The van der Waals surface area contributed by atoms with Crippen molar-refractivity contribution >= 4 is 11.0 Å². The van der Waals surface area contributed by atoms with Gasteiger partial charge in [0, 0.05) is 17.5 Å². The molecule has 5 heteroatoms. The number of nitriles is 1. The maximum absolute atomic E-state index is 13.7. The van der Waals surface area contributed by atoms with Crippen molar-refractivity contribution in [3.8, 4) is 6.07 Å². The Kier molecular flexibility index (Phi) is 5.72. The Morgan fingerprint density at radius 2 is 1.91 bits per heavy atom. The van der Waals surface area contributed by atoms with Crippen molar-refractivity contribution in [3.63, 3.8) is 0 Å². The third-order valence-electron chi connectivity index (χ3n) is 6.52. The molecule has 0 bridgehead atoms. The summed E-state index contributed by atoms with van der Waals surface area (Å²) in [6.07, 6.45) is 3.49. The second-order valence-electron chi connectivity index (χ2n) is 8.70. The molecule has 5 rings (SSSR count). The van der Waals surface area contributed by atoms with Crippen molar-refractivity contribution in [1.29, 1.82) is 5.26 Å². The topological polar surface area (TPSA) is 49.4 Å². The number of fused-ring (bicyclic) bond motifs is 2. The Morgan fingerprint density at radius 3 is 2.73 bits per heavy atom. The molecular formula is C28H25FN2O2. The third-order valence-corrected chi connectivity index (χ3v) is 6.52. The first kappa shape index (κ1) is 21.4. The highest BCUT2D eigenvalue weighted by Crippen LogP contribution is 2.45. The van der Waals surface area contributed by atoms with Gasteiger partial charge in [0.2, 0.25) is 0 Å². The number of furan rings is 1. The zero-order valence-corrected chi connectivity index (χ0v) is 18.6. The Balaban J connectivity index is 1.35. The fraction of sp³-hybridized carbons (Fsp3) is 0.250. The van der Waals surface area contributed by atoms with E-state index in [0.29, 0.717) is 12.2 Å². The van der Waals surface area contributed by atoms with Crippen LogP contribution in [0.1, 0.15) is 40.7 Å². The molecule has 33 heavy (non-hydrogen) atoms. The quantitative estimate of drug-likeness (QED) is 0.347. The largest absolute Gasteiger partial charge is 0.464 e. The van der Waals surface area contributed by atoms with E-state index in [1.165, 1.54) is 17.7 Å². The van der Waals surface area contributed by atoms with E-state index < -0.39 is 5.60 Å². The summed E-state index contributed by atoms with van der Waals surface area (Å²) in [6, 6.07) is 22.6. The first-order chi connectivity index (χ1) is 16.1. The van der Waals surface area contributed by atoms with Gasteiger partial charge in [0.15, 0.2) is 0 Å². The monoisotopic (exact) mass is 440 g/mol. The highest BCUT2D eigenvalue weighted by atomic mass is 19.1. The molecule has 0 fully saturated rings. The summed E-state index contributed by atoms with van der Waals surface area (Å²) in [5.74, 6) is -0.265. The molecule has 1 unspecified atom stereocenters. The first-order valence-electron chi connectivity index (χ1n) is 11.2. The van der Waals surface area contributed by atoms with Crippen LogP contribution >= 0.6 is 0 Å². The fourth-order valence-corrected chi connectivity index (χ4v) is 4.89. The molecular weight excluding hydrogens is 415 g/mol. The van der Waals surface area contributed by atoms with Crippen LogP contribution in [-0.2, 0) is 23.5 Å². The van der Waals surface area contributed by atoms with Gasteiger partial charge in [-0.3, -0.25) is 0 Å². The molecule has 0 saturated carbocycles. The van der Waals surface area contributed by atoms with E-state index in [0.717, 1.165) is 53.6 Å². The molecule has 2 heterocycles. The van der Waals surface area contributed by atoms with Gasteiger partial charge in [0.25, 0.3) is 0 Å². The molecule has 0 radical (unpaired) electrons. The number of halogens is 1. The van der Waals surface area contributed by atoms with Crippen LogP contribution in [-0.4, -0.2) is 18.5 Å². The maximum Gasteiger partial charge on any atom is 0.134 e. The summed E-state index contributed by atoms with van der Waals surface area (Å²) >= 11 is 0. The van der Waals surface area contributed by atoms with Crippen molar-refractivity contribution in [1.82, 2.24) is 4.90 Å². The minimum Gasteiger partial charge on any atom is -0.464 e. The molecule has 1 atom stereocenters. The molecule has 166 valence electrons. The third kappa shape index (κ3) is 4.04. The van der Waals surface area contributed by atoms with Crippen molar-refractivity contribution in [2.24, 2.45) is 0 Å². The summed E-state index contributed by atoms with van der Waals surface area (Å²) in [6.45, 7) is 2.11. The van der Waals surface area contributed by atoms with Crippen molar-refractivity contribution in [3.05, 3.63) is 107 Å². The van der Waals surface area contributed by atoms with Gasteiger partial charge in [-0.1, -0.05) is 36.4 Å². The van der Waals surface area contributed by atoms with Crippen LogP contribution in [0.25, 0.3) is 11.0 Å². The molecule has 4 nitrogen and oxygen atoms in total. The zero-order valence-electron chi connectivity index (χ0n) is 18.6. The Labute approximate surface area is 192 Å². The zero-order chi connectivity index (χ0) is 22.8. The van der Waals surface area contributed by atoms with Crippen LogP contribution in [0.3, 0.4) is 0 Å². The Bertz CT molecular complexity index is 1320. The lowest BCUT2D eigenvalue weighted by Crippen LogP contribution is -2.29. The van der Waals surface area contributed by atoms with Gasteiger partial charge in [-0.05, 0) is 73.5 Å². The lowest BCUT2D eigenvalue weighted by molar-refractivity contribution is -0.0143. The minimum atomic E-state index is -0.639. The van der Waals surface area contributed by atoms with Gasteiger partial charge in [-0.2, -0.15) is 5.26 Å². The summed E-state index contributed by atoms with van der Waals surface area (Å²) in [7, 11) is 2.11. The molecule has 1 aliphatic heterocycles. The molecule has 0 aliphatic carbocycles. The molecule has 4 aromatic rings. The van der Waals surface area contributed by atoms with Crippen LogP contribution in [0.2, 0.25) is 0 Å². The maximum atomic E-state index is 13.7. The highest BCUT2D eigenvalue weighted by molar-refractivity contribution is 5.80. The normalized spacial score (nSPS) is 17.4. The Morgan fingerprint density at radius 1 is 1.09 bits per heavy atom. The molecule has 1 aromatic heterocycles. The molecule has 0 amide bonds. The van der Waals surface area contributed by atoms with Crippen molar-refractivity contribution in [2.45, 2.75) is 31.6 Å². The second-order valence-corrected chi connectivity index (χ2v) is 8.70. The fourth-order valence-electron chi connectivity index (χ4n) is 4.89. The van der Waals surface area contributed by atoms with E-state index >= 15 is 0 Å². The number of benzene rings is 3. The number of ether oxygens (including phenoxy) is 1. The van der Waals surface area contributed by atoms with Crippen LogP contribution in [0.4, 0.5) is 4.39 Å². The average molecular weight is 441 g/mol. The average Bonchev–Trinajstić information content (AvgIpc) is 3.41. The van der Waals surface area contributed by atoms with E-state index in [1.807, 2.05) is 54.8 Å². The number of nitrogens with zero attached hydrogens (tertiary/aromatic N) is 2. The molecule has 1 aliphatic rings. The number of hydrogen-bond donors (Lipinski definition) is 0. The van der Waals surface area contributed by atoms with Gasteiger partial charge in [-0.25, -0.2) is 4.39 Å². The van der Waals surface area contributed by atoms with Gasteiger partial charge in [-0.15, -0.1) is 0 Å². The van der Waals surface area contributed by atoms with E-state index in [-0.39, 0.29) is 5.82 Å². The molecule has 0 N–H and O–H groups in total. The number of para-hydroxylation sites is 1. The highest BCUT2D eigenvalue weighted by Gasteiger charge is 2.41. The number of hydrogen-bond acceptors (Lipinski definition) is 4. The lowest BCUT2D eigenvalue weighted by atomic mass is 9.81. The standard InChI is InChI=1S/C28H25FN2O2/c1-31(17-22-18-32-27-6-3-2-5-25(22)27)14-4-13-28(23-8-10-24(29)11-9-23)26-12-7-20(16-30)15-21(26)19-33-28/h2-3,5-12,15,18H,4,13-14,17,19H2,1H3. The first-order valence-corrected chi connectivity index (χ1v) is 11.2. The van der Waals surface area contributed by atoms with E-state index in [4.69, 9.17) is 9.15 Å². The van der Waals surface area contributed by atoms with Gasteiger partial charge in [0.05, 0.1) is 24.5 Å². The number of rotatable bonds is 7. The van der Waals surface area contributed by atoms with Crippen LogP contribution < -0.4 is 0 Å². The molecule has 0 saturated heterocycles. The van der Waals surface area contributed by atoms with Crippen LogP contribution in [0, 0.1) is 17.1 Å². The van der Waals surface area contributed by atoms with Gasteiger partial charge < -0.3 is 14.1 Å². The minimum absolute atomic E-state index is 0.265. The van der Waals surface area contributed by atoms with E-state index in [2.05, 4.69) is 24.1 Å². The second kappa shape index (κ2) is 8.82.